The zero-order valence-corrected chi connectivity index (χ0v) is 13.2. The summed E-state index contributed by atoms with van der Waals surface area (Å²) in [6.07, 6.45) is 1.91. The number of amides is 1. The maximum atomic E-state index is 11.8. The lowest BCUT2D eigenvalue weighted by atomic mass is 10.2. The van der Waals surface area contributed by atoms with Gasteiger partial charge < -0.3 is 5.32 Å². The Morgan fingerprint density at radius 2 is 2.30 bits per heavy atom. The molecule has 0 spiro atoms. The van der Waals surface area contributed by atoms with Crippen LogP contribution in [0.5, 0.6) is 0 Å². The summed E-state index contributed by atoms with van der Waals surface area (Å²) < 4.78 is 0. The fraction of sp³-hybridized carbons (Fsp3) is 0.462. The Balaban J connectivity index is 1.84. The summed E-state index contributed by atoms with van der Waals surface area (Å²) in [5.74, 6) is 1.13. The van der Waals surface area contributed by atoms with Crippen molar-refractivity contribution in [3.8, 4) is 10.7 Å². The standard InChI is InChI=1S/C13H18N4OS2/c1-3-9(4-2)14-11(18)8-20-13-15-12(16-17-13)10-6-5-7-19-10/h5-7,9H,3-4,8H2,1-2H3,(H,14,18)(H,15,16,17). The van der Waals surface area contributed by atoms with Crippen molar-refractivity contribution >= 4 is 29.0 Å². The number of nitrogens with one attached hydrogen (secondary N) is 2. The van der Waals surface area contributed by atoms with Crippen LogP contribution in [0.1, 0.15) is 26.7 Å². The van der Waals surface area contributed by atoms with Crippen LogP contribution >= 0.6 is 23.1 Å². The van der Waals surface area contributed by atoms with Crippen LogP contribution in [0.15, 0.2) is 22.7 Å². The average Bonchev–Trinajstić information content (AvgIpc) is 3.12. The number of carbonyl (C=O) groups is 1. The first-order valence-corrected chi connectivity index (χ1v) is 8.47. The molecular formula is C13H18N4OS2. The summed E-state index contributed by atoms with van der Waals surface area (Å²) in [6, 6.07) is 4.22. The molecule has 108 valence electrons. The Bertz CT molecular complexity index is 534. The molecule has 0 saturated heterocycles. The summed E-state index contributed by atoms with van der Waals surface area (Å²) in [4.78, 5) is 17.2. The van der Waals surface area contributed by atoms with E-state index in [-0.39, 0.29) is 11.9 Å². The second kappa shape index (κ2) is 7.44. The van der Waals surface area contributed by atoms with Gasteiger partial charge in [0.25, 0.3) is 0 Å². The fourth-order valence-corrected chi connectivity index (χ4v) is 3.00. The van der Waals surface area contributed by atoms with Crippen LogP contribution in [-0.4, -0.2) is 32.9 Å². The van der Waals surface area contributed by atoms with E-state index in [1.165, 1.54) is 11.8 Å². The highest BCUT2D eigenvalue weighted by Gasteiger charge is 2.11. The number of aromatic amines is 1. The van der Waals surface area contributed by atoms with Crippen LogP contribution in [0.4, 0.5) is 0 Å². The van der Waals surface area contributed by atoms with Crippen molar-refractivity contribution in [2.75, 3.05) is 5.75 Å². The molecule has 0 atom stereocenters. The number of thiophene rings is 1. The largest absolute Gasteiger partial charge is 0.353 e. The SMILES string of the molecule is CCC(CC)NC(=O)CSc1n[nH]c(-c2cccs2)n1. The molecule has 0 aliphatic carbocycles. The summed E-state index contributed by atoms with van der Waals surface area (Å²) in [7, 11) is 0. The summed E-state index contributed by atoms with van der Waals surface area (Å²) >= 11 is 2.95. The van der Waals surface area contributed by atoms with Crippen molar-refractivity contribution < 1.29 is 4.79 Å². The summed E-state index contributed by atoms with van der Waals surface area (Å²) in [5.41, 5.74) is 0. The van der Waals surface area contributed by atoms with E-state index in [0.717, 1.165) is 23.5 Å². The maximum absolute atomic E-state index is 11.8. The molecule has 0 saturated carbocycles. The minimum atomic E-state index is 0.0335. The number of aromatic nitrogens is 3. The van der Waals surface area contributed by atoms with E-state index < -0.39 is 0 Å². The van der Waals surface area contributed by atoms with Gasteiger partial charge in [0, 0.05) is 6.04 Å². The zero-order chi connectivity index (χ0) is 14.4. The van der Waals surface area contributed by atoms with Gasteiger partial charge in [0.1, 0.15) is 0 Å². The van der Waals surface area contributed by atoms with Gasteiger partial charge >= 0.3 is 0 Å². The van der Waals surface area contributed by atoms with E-state index in [2.05, 4.69) is 34.3 Å². The molecule has 7 heteroatoms. The normalized spacial score (nSPS) is 10.9. The van der Waals surface area contributed by atoms with Gasteiger partial charge in [-0.2, -0.15) is 0 Å². The molecular weight excluding hydrogens is 292 g/mol. The van der Waals surface area contributed by atoms with Crippen molar-refractivity contribution in [1.82, 2.24) is 20.5 Å². The molecule has 2 aromatic heterocycles. The fourth-order valence-electron chi connectivity index (χ4n) is 1.73. The van der Waals surface area contributed by atoms with Crippen molar-refractivity contribution in [1.29, 1.82) is 0 Å². The molecule has 5 nitrogen and oxygen atoms in total. The third kappa shape index (κ3) is 4.08. The smallest absolute Gasteiger partial charge is 0.230 e. The Morgan fingerprint density at radius 3 is 2.95 bits per heavy atom. The second-order valence-electron chi connectivity index (χ2n) is 4.31. The van der Waals surface area contributed by atoms with Crippen LogP contribution in [0.2, 0.25) is 0 Å². The highest BCUT2D eigenvalue weighted by atomic mass is 32.2. The molecule has 0 aliphatic rings. The minimum Gasteiger partial charge on any atom is -0.353 e. The Labute approximate surface area is 126 Å². The van der Waals surface area contributed by atoms with Gasteiger partial charge in [-0.25, -0.2) is 4.98 Å². The maximum Gasteiger partial charge on any atom is 0.230 e. The molecule has 0 aliphatic heterocycles. The van der Waals surface area contributed by atoms with Crippen molar-refractivity contribution in [2.24, 2.45) is 0 Å². The average molecular weight is 310 g/mol. The molecule has 2 aromatic rings. The van der Waals surface area contributed by atoms with E-state index in [9.17, 15) is 4.79 Å². The second-order valence-corrected chi connectivity index (χ2v) is 6.20. The van der Waals surface area contributed by atoms with Gasteiger partial charge in [-0.05, 0) is 24.3 Å². The Kier molecular flexibility index (Phi) is 5.60. The highest BCUT2D eigenvalue weighted by molar-refractivity contribution is 7.99. The van der Waals surface area contributed by atoms with E-state index in [1.807, 2.05) is 17.5 Å². The number of carbonyl (C=O) groups excluding carboxylic acids is 1. The van der Waals surface area contributed by atoms with E-state index >= 15 is 0 Å². The minimum absolute atomic E-state index is 0.0335. The predicted molar refractivity (Wildman–Crippen MR) is 82.9 cm³/mol. The van der Waals surface area contributed by atoms with Gasteiger partial charge in [-0.15, -0.1) is 16.4 Å². The van der Waals surface area contributed by atoms with Gasteiger partial charge in [0.05, 0.1) is 10.6 Å². The van der Waals surface area contributed by atoms with Gasteiger partial charge in [0.15, 0.2) is 5.82 Å². The van der Waals surface area contributed by atoms with Crippen LogP contribution in [0.25, 0.3) is 10.7 Å². The first-order valence-electron chi connectivity index (χ1n) is 6.61. The van der Waals surface area contributed by atoms with Crippen LogP contribution in [0, 0.1) is 0 Å². The number of hydrogen-bond acceptors (Lipinski definition) is 5. The van der Waals surface area contributed by atoms with Crippen molar-refractivity contribution in [2.45, 2.75) is 37.9 Å². The zero-order valence-electron chi connectivity index (χ0n) is 11.5. The number of thioether (sulfide) groups is 1. The van der Waals surface area contributed by atoms with Crippen molar-refractivity contribution in [3.63, 3.8) is 0 Å². The molecule has 0 unspecified atom stereocenters. The molecule has 0 radical (unpaired) electrons. The summed E-state index contributed by atoms with van der Waals surface area (Å²) in [6.45, 7) is 4.15. The van der Waals surface area contributed by atoms with Crippen LogP contribution < -0.4 is 5.32 Å². The highest BCUT2D eigenvalue weighted by Crippen LogP contribution is 2.22. The molecule has 20 heavy (non-hydrogen) atoms. The number of rotatable bonds is 7. The van der Waals surface area contributed by atoms with Gasteiger partial charge in [-0.1, -0.05) is 31.7 Å². The summed E-state index contributed by atoms with van der Waals surface area (Å²) in [5, 5.41) is 12.6. The third-order valence-corrected chi connectivity index (χ3v) is 4.63. The molecule has 2 rings (SSSR count). The molecule has 1 amide bonds. The third-order valence-electron chi connectivity index (χ3n) is 2.90. The monoisotopic (exact) mass is 310 g/mol. The molecule has 0 aromatic carbocycles. The number of hydrogen-bond donors (Lipinski definition) is 2. The van der Waals surface area contributed by atoms with Crippen LogP contribution in [-0.2, 0) is 4.79 Å². The first-order chi connectivity index (χ1) is 9.72. The van der Waals surface area contributed by atoms with E-state index in [0.29, 0.717) is 10.9 Å². The number of nitrogens with zero attached hydrogens (tertiary/aromatic N) is 2. The lowest BCUT2D eigenvalue weighted by Crippen LogP contribution is -2.35. The first kappa shape index (κ1) is 15.1. The van der Waals surface area contributed by atoms with Crippen LogP contribution in [0.3, 0.4) is 0 Å². The molecule has 2 heterocycles. The van der Waals surface area contributed by atoms with Crippen molar-refractivity contribution in [3.05, 3.63) is 17.5 Å². The molecule has 2 N–H and O–H groups in total. The molecule has 0 fully saturated rings. The van der Waals surface area contributed by atoms with Gasteiger partial charge in [0.2, 0.25) is 11.1 Å². The van der Waals surface area contributed by atoms with Gasteiger partial charge in [-0.3, -0.25) is 9.89 Å². The predicted octanol–water partition coefficient (Wildman–Crippen LogP) is 2.93. The topological polar surface area (TPSA) is 70.7 Å². The lowest BCUT2D eigenvalue weighted by molar-refractivity contribution is -0.119. The van der Waals surface area contributed by atoms with E-state index in [4.69, 9.17) is 0 Å². The number of H-pyrrole nitrogens is 1. The Morgan fingerprint density at radius 1 is 1.50 bits per heavy atom. The quantitative estimate of drug-likeness (QED) is 0.771. The lowest BCUT2D eigenvalue weighted by Gasteiger charge is -2.13. The van der Waals surface area contributed by atoms with E-state index in [1.54, 1.807) is 11.3 Å². The Hall–Kier alpha value is -1.34. The molecule has 0 bridgehead atoms.